The molecule has 170 valence electrons. The Hall–Kier alpha value is -3.24. The van der Waals surface area contributed by atoms with E-state index in [4.69, 9.17) is 4.98 Å². The highest BCUT2D eigenvalue weighted by atomic mass is 32.1. The summed E-state index contributed by atoms with van der Waals surface area (Å²) < 4.78 is 0. The Morgan fingerprint density at radius 2 is 1.47 bits per heavy atom. The van der Waals surface area contributed by atoms with Gasteiger partial charge in [0.1, 0.15) is 0 Å². The summed E-state index contributed by atoms with van der Waals surface area (Å²) in [6.45, 7) is 6.49. The molecule has 0 spiro atoms. The minimum absolute atomic E-state index is 0.0464. The SMILES string of the molecule is CC(C)(c1ccccc1)c1csc(NC(=O)C2(C)CC3c4ccccc4C2c2ccccc23)n1. The lowest BCUT2D eigenvalue weighted by Gasteiger charge is -2.50. The molecule has 0 aliphatic heterocycles. The molecule has 1 unspecified atom stereocenters. The van der Waals surface area contributed by atoms with E-state index < -0.39 is 5.41 Å². The van der Waals surface area contributed by atoms with Crippen molar-refractivity contribution < 1.29 is 4.79 Å². The number of nitrogens with zero attached hydrogens (tertiary/aromatic N) is 1. The summed E-state index contributed by atoms with van der Waals surface area (Å²) in [6, 6.07) is 27.7. The fourth-order valence-electron chi connectivity index (χ4n) is 6.05. The summed E-state index contributed by atoms with van der Waals surface area (Å²) in [5, 5.41) is 5.96. The van der Waals surface area contributed by atoms with Crippen LogP contribution in [-0.2, 0) is 10.2 Å². The second-order valence-corrected chi connectivity index (χ2v) is 11.2. The Labute approximate surface area is 204 Å². The van der Waals surface area contributed by atoms with Gasteiger partial charge in [0, 0.05) is 22.6 Å². The van der Waals surface area contributed by atoms with Crippen molar-refractivity contribution in [3.05, 3.63) is 118 Å². The van der Waals surface area contributed by atoms with Gasteiger partial charge in [-0.25, -0.2) is 4.98 Å². The van der Waals surface area contributed by atoms with E-state index in [-0.39, 0.29) is 23.2 Å². The third-order valence-electron chi connectivity index (χ3n) is 8.01. The molecule has 0 saturated carbocycles. The van der Waals surface area contributed by atoms with E-state index in [0.29, 0.717) is 5.13 Å². The average Bonchev–Trinajstić information content (AvgIpc) is 3.34. The predicted octanol–water partition coefficient (Wildman–Crippen LogP) is 7.09. The van der Waals surface area contributed by atoms with E-state index in [1.807, 2.05) is 6.07 Å². The first-order valence-electron chi connectivity index (χ1n) is 11.9. The zero-order chi connectivity index (χ0) is 23.5. The Morgan fingerprint density at radius 1 is 0.912 bits per heavy atom. The third kappa shape index (κ3) is 3.08. The second kappa shape index (κ2) is 7.64. The van der Waals surface area contributed by atoms with Gasteiger partial charge in [-0.1, -0.05) is 92.7 Å². The molecule has 0 fully saturated rings. The standard InChI is InChI=1S/C30H28N2OS/c1-29(2,19-11-5-4-6-12-19)25-18-34-28(31-25)32-27(33)30(3)17-24-20-13-7-9-15-22(20)26(30)23-16-10-8-14-21(23)24/h4-16,18,24,26H,17H2,1-3H3,(H,31,32,33). The van der Waals surface area contributed by atoms with E-state index in [9.17, 15) is 4.79 Å². The van der Waals surface area contributed by atoms with Gasteiger partial charge in [0.25, 0.3) is 0 Å². The van der Waals surface area contributed by atoms with Gasteiger partial charge in [-0.2, -0.15) is 0 Å². The van der Waals surface area contributed by atoms with Crippen LogP contribution < -0.4 is 5.32 Å². The molecule has 0 radical (unpaired) electrons. The van der Waals surface area contributed by atoms with Gasteiger partial charge in [0.2, 0.25) is 5.91 Å². The molecule has 1 N–H and O–H groups in total. The summed E-state index contributed by atoms with van der Waals surface area (Å²) in [6.07, 6.45) is 0.811. The lowest BCUT2D eigenvalue weighted by molar-refractivity contribution is -0.126. The van der Waals surface area contributed by atoms with Crippen molar-refractivity contribution in [3.8, 4) is 0 Å². The number of nitrogens with one attached hydrogen (secondary N) is 1. The third-order valence-corrected chi connectivity index (χ3v) is 8.77. The Kier molecular flexibility index (Phi) is 4.79. The molecular weight excluding hydrogens is 436 g/mol. The largest absolute Gasteiger partial charge is 0.301 e. The zero-order valence-corrected chi connectivity index (χ0v) is 20.5. The highest BCUT2D eigenvalue weighted by Gasteiger charge is 2.54. The topological polar surface area (TPSA) is 42.0 Å². The first kappa shape index (κ1) is 21.3. The number of benzene rings is 3. The zero-order valence-electron chi connectivity index (χ0n) is 19.7. The average molecular weight is 465 g/mol. The number of anilines is 1. The van der Waals surface area contributed by atoms with Gasteiger partial charge < -0.3 is 5.32 Å². The maximum Gasteiger partial charge on any atom is 0.233 e. The van der Waals surface area contributed by atoms with E-state index in [1.165, 1.54) is 39.2 Å². The van der Waals surface area contributed by atoms with E-state index in [0.717, 1.165) is 12.1 Å². The number of hydrogen-bond donors (Lipinski definition) is 1. The van der Waals surface area contributed by atoms with Gasteiger partial charge in [0.15, 0.2) is 5.13 Å². The molecule has 4 aromatic rings. The van der Waals surface area contributed by atoms with Crippen LogP contribution in [0.5, 0.6) is 0 Å². The van der Waals surface area contributed by atoms with Crippen molar-refractivity contribution in [2.45, 2.75) is 44.4 Å². The Balaban J connectivity index is 1.33. The number of hydrogen-bond acceptors (Lipinski definition) is 3. The van der Waals surface area contributed by atoms with Crippen molar-refractivity contribution in [3.63, 3.8) is 0 Å². The van der Waals surface area contributed by atoms with Crippen molar-refractivity contribution in [1.82, 2.24) is 4.98 Å². The molecule has 0 saturated heterocycles. The number of carbonyl (C=O) groups excluding carboxylic acids is 1. The fraction of sp³-hybridized carbons (Fsp3) is 0.267. The smallest absolute Gasteiger partial charge is 0.233 e. The van der Waals surface area contributed by atoms with E-state index >= 15 is 0 Å². The monoisotopic (exact) mass is 464 g/mol. The van der Waals surface area contributed by atoms with Gasteiger partial charge >= 0.3 is 0 Å². The summed E-state index contributed by atoms with van der Waals surface area (Å²) in [5.74, 6) is 0.354. The Morgan fingerprint density at radius 3 is 2.09 bits per heavy atom. The number of carbonyl (C=O) groups is 1. The first-order valence-corrected chi connectivity index (χ1v) is 12.8. The predicted molar refractivity (Wildman–Crippen MR) is 139 cm³/mol. The molecule has 1 aromatic heterocycles. The molecule has 2 bridgehead atoms. The highest BCUT2D eigenvalue weighted by molar-refractivity contribution is 7.14. The maximum absolute atomic E-state index is 13.9. The van der Waals surface area contributed by atoms with Crippen molar-refractivity contribution >= 4 is 22.4 Å². The molecule has 3 aromatic carbocycles. The normalized spacial score (nSPS) is 22.7. The van der Waals surface area contributed by atoms with Gasteiger partial charge in [-0.05, 0) is 41.2 Å². The molecule has 3 aliphatic carbocycles. The van der Waals surface area contributed by atoms with Crippen molar-refractivity contribution in [2.24, 2.45) is 5.41 Å². The quantitative estimate of drug-likeness (QED) is 0.350. The van der Waals surface area contributed by atoms with Crippen LogP contribution in [0.3, 0.4) is 0 Å². The first-order chi connectivity index (χ1) is 16.4. The number of fused-ring (bicyclic) bond motifs is 1. The number of rotatable bonds is 4. The molecule has 3 nitrogen and oxygen atoms in total. The second-order valence-electron chi connectivity index (χ2n) is 10.3. The molecule has 1 amide bonds. The van der Waals surface area contributed by atoms with Crippen LogP contribution in [0.1, 0.15) is 72.5 Å². The van der Waals surface area contributed by atoms with Gasteiger partial charge in [-0.15, -0.1) is 11.3 Å². The molecule has 34 heavy (non-hydrogen) atoms. The molecular formula is C30H28N2OS. The molecule has 3 aliphatic rings. The molecule has 1 atom stereocenters. The van der Waals surface area contributed by atoms with Gasteiger partial charge in [-0.3, -0.25) is 4.79 Å². The maximum atomic E-state index is 13.9. The minimum Gasteiger partial charge on any atom is -0.301 e. The van der Waals surface area contributed by atoms with Crippen molar-refractivity contribution in [2.75, 3.05) is 5.32 Å². The molecule has 7 rings (SSSR count). The van der Waals surface area contributed by atoms with Crippen LogP contribution >= 0.6 is 11.3 Å². The van der Waals surface area contributed by atoms with Crippen molar-refractivity contribution in [1.29, 1.82) is 0 Å². The van der Waals surface area contributed by atoms with E-state index in [1.54, 1.807) is 0 Å². The summed E-state index contributed by atoms with van der Waals surface area (Å²) in [7, 11) is 0. The van der Waals surface area contributed by atoms with Crippen LogP contribution in [0.2, 0.25) is 0 Å². The lowest BCUT2D eigenvalue weighted by Crippen LogP contribution is -2.47. The Bertz CT molecular complexity index is 1340. The molecule has 4 heteroatoms. The highest BCUT2D eigenvalue weighted by Crippen LogP contribution is 2.61. The van der Waals surface area contributed by atoms with Crippen LogP contribution in [0.25, 0.3) is 0 Å². The fourth-order valence-corrected chi connectivity index (χ4v) is 6.92. The molecule has 1 heterocycles. The minimum atomic E-state index is -0.534. The van der Waals surface area contributed by atoms with Crippen LogP contribution in [0.4, 0.5) is 5.13 Å². The van der Waals surface area contributed by atoms with Gasteiger partial charge in [0.05, 0.1) is 11.1 Å². The summed E-state index contributed by atoms with van der Waals surface area (Å²) in [4.78, 5) is 18.7. The summed E-state index contributed by atoms with van der Waals surface area (Å²) >= 11 is 1.51. The van der Waals surface area contributed by atoms with Crippen LogP contribution in [-0.4, -0.2) is 10.9 Å². The number of aromatic nitrogens is 1. The van der Waals surface area contributed by atoms with Crippen LogP contribution in [0.15, 0.2) is 84.2 Å². The number of amides is 1. The van der Waals surface area contributed by atoms with Crippen LogP contribution in [0, 0.1) is 5.41 Å². The summed E-state index contributed by atoms with van der Waals surface area (Å²) in [5.41, 5.74) is 6.75. The lowest BCUT2D eigenvalue weighted by atomic mass is 9.52. The number of thiazole rings is 1. The van der Waals surface area contributed by atoms with E-state index in [2.05, 4.69) is 104 Å².